The zero-order chi connectivity index (χ0) is 13.2. The molecule has 1 aliphatic heterocycles. The van der Waals surface area contributed by atoms with Crippen molar-refractivity contribution >= 4 is 11.3 Å². The van der Waals surface area contributed by atoms with E-state index in [1.165, 1.54) is 41.3 Å². The Morgan fingerprint density at radius 2 is 2.26 bits per heavy atom. The summed E-state index contributed by atoms with van der Waals surface area (Å²) in [6.07, 6.45) is 7.85. The minimum absolute atomic E-state index is 0.262. The molecule has 3 rings (SSSR count). The molecule has 19 heavy (non-hydrogen) atoms. The Kier molecular flexibility index (Phi) is 4.20. The number of nitrogens with zero attached hydrogens (tertiary/aromatic N) is 1. The zero-order valence-corrected chi connectivity index (χ0v) is 12.8. The van der Waals surface area contributed by atoms with E-state index in [-0.39, 0.29) is 6.10 Å². The maximum Gasteiger partial charge on any atom is 0.122 e. The summed E-state index contributed by atoms with van der Waals surface area (Å²) >= 11 is 1.89. The monoisotopic (exact) mass is 280 g/mol. The molecule has 3 atom stereocenters. The highest BCUT2D eigenvalue weighted by Crippen LogP contribution is 2.40. The van der Waals surface area contributed by atoms with Crippen LogP contribution in [0.1, 0.15) is 73.7 Å². The van der Waals surface area contributed by atoms with E-state index in [9.17, 15) is 0 Å². The van der Waals surface area contributed by atoms with Gasteiger partial charge in [-0.05, 0) is 52.0 Å². The maximum atomic E-state index is 5.97. The second-order valence-electron chi connectivity index (χ2n) is 5.77. The Labute approximate surface area is 119 Å². The van der Waals surface area contributed by atoms with Gasteiger partial charge in [0.2, 0.25) is 0 Å². The summed E-state index contributed by atoms with van der Waals surface area (Å²) < 4.78 is 5.97. The first-order valence-corrected chi connectivity index (χ1v) is 8.48. The molecule has 4 heteroatoms. The van der Waals surface area contributed by atoms with Crippen LogP contribution in [-0.4, -0.2) is 17.6 Å². The molecule has 1 N–H and O–H groups in total. The summed E-state index contributed by atoms with van der Waals surface area (Å²) in [6.45, 7) is 5.50. The molecule has 3 nitrogen and oxygen atoms in total. The lowest BCUT2D eigenvalue weighted by Crippen LogP contribution is -2.24. The predicted octanol–water partition coefficient (Wildman–Crippen LogP) is 3.76. The number of hydrogen-bond donors (Lipinski definition) is 1. The van der Waals surface area contributed by atoms with E-state index in [2.05, 4.69) is 19.2 Å². The van der Waals surface area contributed by atoms with Gasteiger partial charge in [0.05, 0.1) is 11.8 Å². The van der Waals surface area contributed by atoms with E-state index in [4.69, 9.17) is 9.72 Å². The molecular formula is C15H24N2OS. The van der Waals surface area contributed by atoms with Gasteiger partial charge in [0.1, 0.15) is 11.1 Å². The minimum Gasteiger partial charge on any atom is -0.368 e. The number of aromatic nitrogens is 1. The van der Waals surface area contributed by atoms with Crippen molar-refractivity contribution in [2.45, 2.75) is 70.6 Å². The molecule has 0 spiro atoms. The number of rotatable bonds is 4. The summed E-state index contributed by atoms with van der Waals surface area (Å²) in [4.78, 5) is 6.36. The lowest BCUT2D eigenvalue weighted by atomic mass is 9.98. The third kappa shape index (κ3) is 2.86. The Balaban J connectivity index is 1.77. The average molecular weight is 280 g/mol. The van der Waals surface area contributed by atoms with Crippen LogP contribution in [0.4, 0.5) is 0 Å². The van der Waals surface area contributed by atoms with Crippen LogP contribution in [0.25, 0.3) is 0 Å². The summed E-state index contributed by atoms with van der Waals surface area (Å²) in [6, 6.07) is 0.536. The molecule has 0 bridgehead atoms. The normalized spacial score (nSPS) is 30.5. The Bertz CT molecular complexity index is 432. The number of aryl methyl sites for hydroxylation is 1. The molecule has 0 aromatic carbocycles. The Morgan fingerprint density at radius 3 is 3.00 bits per heavy atom. The van der Waals surface area contributed by atoms with E-state index in [1.807, 2.05) is 11.3 Å². The average Bonchev–Trinajstić information content (AvgIpc) is 3.02. The van der Waals surface area contributed by atoms with E-state index in [0.29, 0.717) is 12.1 Å². The van der Waals surface area contributed by atoms with Crippen LogP contribution in [0.15, 0.2) is 0 Å². The van der Waals surface area contributed by atoms with Gasteiger partial charge < -0.3 is 10.1 Å². The molecule has 2 aliphatic rings. The SMILES string of the molecule is CCCNC1CCCc2nc(C3CCC(C)O3)sc21. The van der Waals surface area contributed by atoms with E-state index in [0.717, 1.165) is 19.4 Å². The van der Waals surface area contributed by atoms with Gasteiger partial charge in [-0.3, -0.25) is 0 Å². The third-order valence-corrected chi connectivity index (χ3v) is 5.42. The molecule has 2 heterocycles. The number of ether oxygens (including phenoxy) is 1. The van der Waals surface area contributed by atoms with Gasteiger partial charge in [-0.1, -0.05) is 6.92 Å². The lowest BCUT2D eigenvalue weighted by molar-refractivity contribution is 0.0553. The van der Waals surface area contributed by atoms with Crippen molar-refractivity contribution in [3.05, 3.63) is 15.6 Å². The molecule has 0 radical (unpaired) electrons. The fourth-order valence-corrected chi connectivity index (χ4v) is 4.37. The molecule has 0 saturated carbocycles. The molecular weight excluding hydrogens is 256 g/mol. The maximum absolute atomic E-state index is 5.97. The fourth-order valence-electron chi connectivity index (χ4n) is 3.07. The van der Waals surface area contributed by atoms with Gasteiger partial charge in [0, 0.05) is 10.9 Å². The topological polar surface area (TPSA) is 34.2 Å². The van der Waals surface area contributed by atoms with Gasteiger partial charge >= 0.3 is 0 Å². The van der Waals surface area contributed by atoms with Crippen molar-refractivity contribution in [3.8, 4) is 0 Å². The molecule has 1 aromatic rings. The van der Waals surface area contributed by atoms with Crippen molar-refractivity contribution in [2.75, 3.05) is 6.54 Å². The number of nitrogens with one attached hydrogen (secondary N) is 1. The van der Waals surface area contributed by atoms with Gasteiger partial charge in [-0.2, -0.15) is 0 Å². The lowest BCUT2D eigenvalue weighted by Gasteiger charge is -2.22. The van der Waals surface area contributed by atoms with E-state index >= 15 is 0 Å². The van der Waals surface area contributed by atoms with Crippen LogP contribution < -0.4 is 5.32 Å². The van der Waals surface area contributed by atoms with Crippen molar-refractivity contribution in [1.29, 1.82) is 0 Å². The summed E-state index contributed by atoms with van der Waals surface area (Å²) in [5, 5.41) is 4.89. The highest BCUT2D eigenvalue weighted by Gasteiger charge is 2.30. The highest BCUT2D eigenvalue weighted by atomic mass is 32.1. The first-order valence-electron chi connectivity index (χ1n) is 7.66. The first-order chi connectivity index (χ1) is 9.28. The molecule has 106 valence electrons. The molecule has 1 aromatic heterocycles. The fraction of sp³-hybridized carbons (Fsp3) is 0.800. The van der Waals surface area contributed by atoms with Crippen molar-refractivity contribution in [1.82, 2.24) is 10.3 Å². The zero-order valence-electron chi connectivity index (χ0n) is 11.9. The molecule has 3 unspecified atom stereocenters. The third-order valence-electron chi connectivity index (χ3n) is 4.12. The van der Waals surface area contributed by atoms with E-state index < -0.39 is 0 Å². The van der Waals surface area contributed by atoms with Gasteiger partial charge in [-0.15, -0.1) is 11.3 Å². The van der Waals surface area contributed by atoms with Crippen LogP contribution in [0.2, 0.25) is 0 Å². The number of thiazole rings is 1. The predicted molar refractivity (Wildman–Crippen MR) is 78.6 cm³/mol. The van der Waals surface area contributed by atoms with Crippen LogP contribution in [0.5, 0.6) is 0 Å². The quantitative estimate of drug-likeness (QED) is 0.912. The van der Waals surface area contributed by atoms with E-state index in [1.54, 1.807) is 0 Å². The van der Waals surface area contributed by atoms with Crippen LogP contribution in [-0.2, 0) is 11.2 Å². The summed E-state index contributed by atoms with van der Waals surface area (Å²) in [7, 11) is 0. The number of fused-ring (bicyclic) bond motifs is 1. The molecule has 1 saturated heterocycles. The largest absolute Gasteiger partial charge is 0.368 e. The second kappa shape index (κ2) is 5.90. The standard InChI is InChI=1S/C15H24N2OS/c1-3-9-16-11-5-4-6-12-14(11)19-15(17-12)13-8-7-10(2)18-13/h10-11,13,16H,3-9H2,1-2H3. The highest BCUT2D eigenvalue weighted by molar-refractivity contribution is 7.11. The number of hydrogen-bond acceptors (Lipinski definition) is 4. The molecule has 1 aliphatic carbocycles. The van der Waals surface area contributed by atoms with Crippen LogP contribution in [0, 0.1) is 0 Å². The van der Waals surface area contributed by atoms with Gasteiger partial charge in [-0.25, -0.2) is 4.98 Å². The molecule has 0 amide bonds. The van der Waals surface area contributed by atoms with Crippen molar-refractivity contribution < 1.29 is 4.74 Å². The summed E-state index contributed by atoms with van der Waals surface area (Å²) in [5.41, 5.74) is 1.34. The Hall–Kier alpha value is -0.450. The van der Waals surface area contributed by atoms with Crippen molar-refractivity contribution in [3.63, 3.8) is 0 Å². The summed E-state index contributed by atoms with van der Waals surface area (Å²) in [5.74, 6) is 0. The first kappa shape index (κ1) is 13.5. The van der Waals surface area contributed by atoms with Crippen LogP contribution in [0.3, 0.4) is 0 Å². The molecule has 1 fully saturated rings. The smallest absolute Gasteiger partial charge is 0.122 e. The minimum atomic E-state index is 0.262. The Morgan fingerprint density at radius 1 is 1.37 bits per heavy atom. The van der Waals surface area contributed by atoms with Gasteiger partial charge in [0.15, 0.2) is 0 Å². The second-order valence-corrected chi connectivity index (χ2v) is 6.84. The van der Waals surface area contributed by atoms with Crippen molar-refractivity contribution in [2.24, 2.45) is 0 Å². The van der Waals surface area contributed by atoms with Gasteiger partial charge in [0.25, 0.3) is 0 Å². The van der Waals surface area contributed by atoms with Crippen LogP contribution >= 0.6 is 11.3 Å².